The number of hydrogen-bond donors (Lipinski definition) is 2. The van der Waals surface area contributed by atoms with Crippen molar-refractivity contribution in [1.29, 1.82) is 0 Å². The van der Waals surface area contributed by atoms with E-state index in [4.69, 9.17) is 10.0 Å². The molecule has 0 aliphatic heterocycles. The molecule has 116 valence electrons. The summed E-state index contributed by atoms with van der Waals surface area (Å²) in [7, 11) is 2.47. The quantitative estimate of drug-likeness (QED) is 0.529. The molecule has 0 spiro atoms. The minimum atomic E-state index is -1.41. The summed E-state index contributed by atoms with van der Waals surface area (Å²) < 4.78 is 3.90. The number of aryl methyl sites for hydroxylation is 2. The Balaban J connectivity index is 0.000000140. The molecule has 2 heterocycles. The Labute approximate surface area is 135 Å². The lowest BCUT2D eigenvalue weighted by Crippen LogP contribution is -2.34. The summed E-state index contributed by atoms with van der Waals surface area (Å²) in [6.45, 7) is 0. The van der Waals surface area contributed by atoms with Gasteiger partial charge in [-0.05, 0) is 35.0 Å². The topological polar surface area (TPSA) is 50.3 Å². The first-order chi connectivity index (χ1) is 11.1. The predicted octanol–water partition coefficient (Wildman–Crippen LogP) is 2.04. The van der Waals surface area contributed by atoms with Crippen LogP contribution in [0.4, 0.5) is 0 Å². The van der Waals surface area contributed by atoms with Crippen molar-refractivity contribution in [2.45, 2.75) is 0 Å². The van der Waals surface area contributed by atoms with Crippen LogP contribution in [0.25, 0.3) is 21.8 Å². The van der Waals surface area contributed by atoms with Crippen LogP contribution < -0.4 is 5.59 Å². The van der Waals surface area contributed by atoms with Crippen LogP contribution in [0.2, 0.25) is 0 Å². The van der Waals surface area contributed by atoms with Crippen LogP contribution in [-0.2, 0) is 14.1 Å². The van der Waals surface area contributed by atoms with E-state index in [2.05, 4.69) is 48.1 Å². The lowest BCUT2D eigenvalue weighted by atomic mass is 9.86. The molecule has 4 aromatic rings. The number of rotatable bonds is 1. The van der Waals surface area contributed by atoms with Gasteiger partial charge < -0.3 is 19.2 Å². The molecule has 0 aliphatic rings. The van der Waals surface area contributed by atoms with Crippen molar-refractivity contribution in [2.24, 2.45) is 14.1 Å². The van der Waals surface area contributed by atoms with Gasteiger partial charge in [0.05, 0.1) is 0 Å². The highest BCUT2D eigenvalue weighted by molar-refractivity contribution is 6.58. The summed E-state index contributed by atoms with van der Waals surface area (Å²) in [6, 6.07) is 20.0. The standard InChI is InChI=1S/C9H10BNO2.C9H9N/c1-11-8-5-3-2-4-7(8)6-9(11)10(12)13;1-10-7-6-8-4-2-3-5-9(8)10/h2-6,12-13H,1H3;2-7H,1H3. The van der Waals surface area contributed by atoms with Gasteiger partial charge in [-0.3, -0.25) is 0 Å². The van der Waals surface area contributed by atoms with Crippen LogP contribution in [0.5, 0.6) is 0 Å². The maximum absolute atomic E-state index is 9.04. The van der Waals surface area contributed by atoms with Gasteiger partial charge in [0.1, 0.15) is 0 Å². The van der Waals surface area contributed by atoms with E-state index in [1.165, 1.54) is 10.9 Å². The molecule has 0 saturated carbocycles. The van der Waals surface area contributed by atoms with E-state index in [-0.39, 0.29) is 0 Å². The molecule has 23 heavy (non-hydrogen) atoms. The maximum atomic E-state index is 9.04. The third-order valence-corrected chi connectivity index (χ3v) is 4.05. The molecule has 2 aromatic carbocycles. The fourth-order valence-electron chi connectivity index (χ4n) is 2.78. The molecular weight excluding hydrogens is 287 g/mol. The first kappa shape index (κ1) is 15.4. The Morgan fingerprint density at radius 2 is 1.39 bits per heavy atom. The summed E-state index contributed by atoms with van der Waals surface area (Å²) >= 11 is 0. The summed E-state index contributed by atoms with van der Waals surface area (Å²) in [6.07, 6.45) is 2.07. The minimum Gasteiger partial charge on any atom is -0.422 e. The zero-order valence-electron chi connectivity index (χ0n) is 13.2. The van der Waals surface area contributed by atoms with Crippen molar-refractivity contribution in [3.63, 3.8) is 0 Å². The van der Waals surface area contributed by atoms with Crippen LogP contribution in [-0.4, -0.2) is 26.3 Å². The molecule has 0 amide bonds. The zero-order valence-corrected chi connectivity index (χ0v) is 13.2. The molecule has 0 aliphatic carbocycles. The second-order valence-corrected chi connectivity index (χ2v) is 5.55. The number of benzene rings is 2. The van der Waals surface area contributed by atoms with Crippen molar-refractivity contribution >= 4 is 34.5 Å². The predicted molar refractivity (Wildman–Crippen MR) is 95.7 cm³/mol. The van der Waals surface area contributed by atoms with Crippen LogP contribution in [0.15, 0.2) is 66.9 Å². The Morgan fingerprint density at radius 1 is 0.783 bits per heavy atom. The molecule has 0 unspecified atom stereocenters. The van der Waals surface area contributed by atoms with Gasteiger partial charge in [-0.25, -0.2) is 0 Å². The Morgan fingerprint density at radius 3 is 2.00 bits per heavy atom. The average molecular weight is 306 g/mol. The lowest BCUT2D eigenvalue weighted by Gasteiger charge is -2.01. The fourth-order valence-corrected chi connectivity index (χ4v) is 2.78. The Bertz CT molecular complexity index is 940. The second-order valence-electron chi connectivity index (χ2n) is 5.55. The van der Waals surface area contributed by atoms with Crippen molar-refractivity contribution < 1.29 is 10.0 Å². The largest absolute Gasteiger partial charge is 0.505 e. The average Bonchev–Trinajstić information content (AvgIpc) is 3.10. The zero-order chi connectivity index (χ0) is 16.4. The van der Waals surface area contributed by atoms with Crippen LogP contribution in [0.3, 0.4) is 0 Å². The van der Waals surface area contributed by atoms with E-state index >= 15 is 0 Å². The third kappa shape index (κ3) is 3.02. The molecule has 4 nitrogen and oxygen atoms in total. The normalized spacial score (nSPS) is 10.6. The molecule has 0 atom stereocenters. The van der Waals surface area contributed by atoms with Crippen molar-refractivity contribution in [1.82, 2.24) is 9.13 Å². The van der Waals surface area contributed by atoms with E-state index in [0.29, 0.717) is 5.59 Å². The van der Waals surface area contributed by atoms with Crippen LogP contribution in [0, 0.1) is 0 Å². The van der Waals surface area contributed by atoms with Gasteiger partial charge in [0.15, 0.2) is 0 Å². The van der Waals surface area contributed by atoms with E-state index in [0.717, 1.165) is 10.9 Å². The van der Waals surface area contributed by atoms with Gasteiger partial charge in [-0.15, -0.1) is 0 Å². The van der Waals surface area contributed by atoms with Gasteiger partial charge in [-0.2, -0.15) is 0 Å². The van der Waals surface area contributed by atoms with Gasteiger partial charge in [-0.1, -0.05) is 36.4 Å². The molecular formula is C18H19BN2O2. The first-order valence-electron chi connectivity index (χ1n) is 7.48. The molecule has 2 N–H and O–H groups in total. The molecule has 5 heteroatoms. The highest BCUT2D eigenvalue weighted by atomic mass is 16.4. The summed E-state index contributed by atoms with van der Waals surface area (Å²) in [4.78, 5) is 0. The lowest BCUT2D eigenvalue weighted by molar-refractivity contribution is 0.423. The van der Waals surface area contributed by atoms with Gasteiger partial charge in [0.2, 0.25) is 0 Å². The minimum absolute atomic E-state index is 0.515. The van der Waals surface area contributed by atoms with E-state index in [1.54, 1.807) is 10.6 Å². The Kier molecular flexibility index (Phi) is 4.23. The van der Waals surface area contributed by atoms with E-state index in [1.807, 2.05) is 31.3 Å². The monoisotopic (exact) mass is 306 g/mol. The molecule has 4 rings (SSSR count). The number of aromatic nitrogens is 2. The van der Waals surface area contributed by atoms with Crippen LogP contribution >= 0.6 is 0 Å². The van der Waals surface area contributed by atoms with E-state index < -0.39 is 7.12 Å². The van der Waals surface area contributed by atoms with Gasteiger partial charge in [0.25, 0.3) is 0 Å². The highest BCUT2D eigenvalue weighted by Crippen LogP contribution is 2.13. The molecule has 0 saturated heterocycles. The molecule has 0 bridgehead atoms. The SMILES string of the molecule is Cn1c(B(O)O)cc2ccccc21.Cn1ccc2ccccc21. The number of hydrogen-bond acceptors (Lipinski definition) is 2. The number of para-hydroxylation sites is 2. The van der Waals surface area contributed by atoms with E-state index in [9.17, 15) is 0 Å². The first-order valence-corrected chi connectivity index (χ1v) is 7.48. The summed E-state index contributed by atoms with van der Waals surface area (Å²) in [5, 5.41) is 20.4. The Hall–Kier alpha value is -2.50. The van der Waals surface area contributed by atoms with Crippen molar-refractivity contribution in [3.8, 4) is 0 Å². The fraction of sp³-hybridized carbons (Fsp3) is 0.111. The van der Waals surface area contributed by atoms with Crippen LogP contribution in [0.1, 0.15) is 0 Å². The summed E-state index contributed by atoms with van der Waals surface area (Å²) in [5.74, 6) is 0. The summed E-state index contributed by atoms with van der Waals surface area (Å²) in [5.41, 5.74) is 2.81. The highest BCUT2D eigenvalue weighted by Gasteiger charge is 2.16. The van der Waals surface area contributed by atoms with Crippen molar-refractivity contribution in [3.05, 3.63) is 66.9 Å². The maximum Gasteiger partial charge on any atom is 0.505 e. The smallest absolute Gasteiger partial charge is 0.422 e. The third-order valence-electron chi connectivity index (χ3n) is 4.05. The number of nitrogens with zero attached hydrogens (tertiary/aromatic N) is 2. The molecule has 0 radical (unpaired) electrons. The van der Waals surface area contributed by atoms with Gasteiger partial charge in [0, 0.05) is 36.9 Å². The molecule has 0 fully saturated rings. The molecule has 2 aromatic heterocycles. The second kappa shape index (κ2) is 6.32. The van der Waals surface area contributed by atoms with Crippen molar-refractivity contribution in [2.75, 3.05) is 0 Å². The number of fused-ring (bicyclic) bond motifs is 2. The van der Waals surface area contributed by atoms with Gasteiger partial charge >= 0.3 is 7.12 Å².